The number of nitrogens with one attached hydrogen (secondary N) is 1. The van der Waals surface area contributed by atoms with E-state index in [9.17, 15) is 14.4 Å². The van der Waals surface area contributed by atoms with E-state index in [1.54, 1.807) is 56.5 Å². The van der Waals surface area contributed by atoms with Gasteiger partial charge in [-0.1, -0.05) is 19.9 Å². The van der Waals surface area contributed by atoms with E-state index in [4.69, 9.17) is 13.9 Å². The fraction of sp³-hybridized carbons (Fsp3) is 0.308. The maximum absolute atomic E-state index is 13.1. The molecule has 3 heterocycles. The van der Waals surface area contributed by atoms with Gasteiger partial charge in [-0.25, -0.2) is 9.80 Å². The first-order valence-electron chi connectivity index (χ1n) is 11.5. The molecule has 2 aromatic heterocycles. The van der Waals surface area contributed by atoms with Gasteiger partial charge in [0, 0.05) is 12.0 Å². The van der Waals surface area contributed by atoms with Gasteiger partial charge < -0.3 is 19.2 Å². The summed E-state index contributed by atoms with van der Waals surface area (Å²) in [5.41, 5.74) is 1.14. The fourth-order valence-electron chi connectivity index (χ4n) is 3.79. The van der Waals surface area contributed by atoms with Crippen LogP contribution in [0.4, 0.5) is 0 Å². The molecule has 0 bridgehead atoms. The number of benzene rings is 1. The third kappa shape index (κ3) is 5.65. The predicted molar refractivity (Wildman–Crippen MR) is 134 cm³/mol. The molecule has 0 radical (unpaired) electrons. The molecule has 2 atom stereocenters. The molecule has 1 aromatic carbocycles. The number of carbonyl (C=O) groups excluding carboxylic acids is 3. The SMILES string of the molecule is COc1ccc(C(=O)N[C@@H](C(=O)OCC(=O)N2N=C(c3cccs3)C[C@@H]2c2ccco2)C(C)C)cc1. The number of amides is 2. The monoisotopic (exact) mass is 509 g/mol. The Morgan fingerprint density at radius 2 is 1.94 bits per heavy atom. The lowest BCUT2D eigenvalue weighted by atomic mass is 10.0. The number of furan rings is 1. The van der Waals surface area contributed by atoms with Gasteiger partial charge in [-0.2, -0.15) is 5.10 Å². The van der Waals surface area contributed by atoms with Gasteiger partial charge in [-0.3, -0.25) is 9.59 Å². The van der Waals surface area contributed by atoms with Gasteiger partial charge in [-0.15, -0.1) is 11.3 Å². The Bertz CT molecular complexity index is 1220. The first-order valence-corrected chi connectivity index (χ1v) is 12.3. The van der Waals surface area contributed by atoms with Gasteiger partial charge >= 0.3 is 5.97 Å². The number of hydrazone groups is 1. The van der Waals surface area contributed by atoms with Crippen LogP contribution < -0.4 is 10.1 Å². The number of ether oxygens (including phenoxy) is 2. The van der Waals surface area contributed by atoms with Crippen molar-refractivity contribution in [2.45, 2.75) is 32.4 Å². The zero-order valence-corrected chi connectivity index (χ0v) is 21.0. The molecule has 0 saturated carbocycles. The highest BCUT2D eigenvalue weighted by molar-refractivity contribution is 7.12. The molecule has 9 nitrogen and oxygen atoms in total. The third-order valence-corrected chi connectivity index (χ3v) is 6.66. The molecule has 1 N–H and O–H groups in total. The highest BCUT2D eigenvalue weighted by Gasteiger charge is 2.36. The number of hydrogen-bond donors (Lipinski definition) is 1. The fourth-order valence-corrected chi connectivity index (χ4v) is 4.51. The lowest BCUT2D eigenvalue weighted by Gasteiger charge is -2.23. The lowest BCUT2D eigenvalue weighted by molar-refractivity contribution is -0.155. The Morgan fingerprint density at radius 1 is 1.17 bits per heavy atom. The van der Waals surface area contributed by atoms with Crippen molar-refractivity contribution in [2.75, 3.05) is 13.7 Å². The summed E-state index contributed by atoms with van der Waals surface area (Å²) in [6.07, 6.45) is 2.03. The van der Waals surface area contributed by atoms with E-state index in [1.807, 2.05) is 17.5 Å². The molecule has 0 spiro atoms. The van der Waals surface area contributed by atoms with Gasteiger partial charge in [-0.05, 0) is 53.8 Å². The Morgan fingerprint density at radius 3 is 2.56 bits per heavy atom. The van der Waals surface area contributed by atoms with Crippen LogP contribution in [0, 0.1) is 5.92 Å². The smallest absolute Gasteiger partial charge is 0.329 e. The van der Waals surface area contributed by atoms with E-state index in [2.05, 4.69) is 10.4 Å². The lowest BCUT2D eigenvalue weighted by Crippen LogP contribution is -2.46. The molecular formula is C26H27N3O6S. The molecule has 0 aliphatic carbocycles. The van der Waals surface area contributed by atoms with Gasteiger partial charge in [0.1, 0.15) is 23.6 Å². The van der Waals surface area contributed by atoms with Crippen LogP contribution in [0.5, 0.6) is 5.75 Å². The van der Waals surface area contributed by atoms with E-state index in [0.29, 0.717) is 23.5 Å². The Kier molecular flexibility index (Phi) is 7.84. The second kappa shape index (κ2) is 11.2. The maximum Gasteiger partial charge on any atom is 0.329 e. The zero-order chi connectivity index (χ0) is 25.7. The molecule has 36 heavy (non-hydrogen) atoms. The molecule has 10 heteroatoms. The zero-order valence-electron chi connectivity index (χ0n) is 20.2. The number of nitrogens with zero attached hydrogens (tertiary/aromatic N) is 2. The Hall–Kier alpha value is -3.92. The van der Waals surface area contributed by atoms with Crippen LogP contribution >= 0.6 is 11.3 Å². The molecular weight excluding hydrogens is 482 g/mol. The molecule has 188 valence electrons. The molecule has 0 fully saturated rings. The van der Waals surface area contributed by atoms with Crippen molar-refractivity contribution in [1.29, 1.82) is 0 Å². The second-order valence-electron chi connectivity index (χ2n) is 8.53. The van der Waals surface area contributed by atoms with E-state index in [0.717, 1.165) is 10.6 Å². The van der Waals surface area contributed by atoms with Crippen molar-refractivity contribution >= 4 is 34.8 Å². The standard InChI is InChI=1S/C26H27N3O6S/c1-16(2)24(27-25(31)17-8-10-18(33-3)11-9-17)26(32)35-15-23(30)29-20(21-6-4-12-34-21)14-19(28-29)22-7-5-13-36-22/h4-13,16,20,24H,14-15H2,1-3H3,(H,27,31)/t20-,24-/m1/s1. The number of esters is 1. The van der Waals surface area contributed by atoms with E-state index < -0.39 is 36.5 Å². The highest BCUT2D eigenvalue weighted by Crippen LogP contribution is 2.34. The summed E-state index contributed by atoms with van der Waals surface area (Å²) in [7, 11) is 1.54. The van der Waals surface area contributed by atoms with Crippen LogP contribution in [0.2, 0.25) is 0 Å². The summed E-state index contributed by atoms with van der Waals surface area (Å²) in [6, 6.07) is 12.6. The van der Waals surface area contributed by atoms with E-state index in [-0.39, 0.29) is 5.92 Å². The summed E-state index contributed by atoms with van der Waals surface area (Å²) < 4.78 is 16.0. The summed E-state index contributed by atoms with van der Waals surface area (Å²) in [5.74, 6) is -0.666. The molecule has 2 amide bonds. The summed E-state index contributed by atoms with van der Waals surface area (Å²) >= 11 is 1.53. The Balaban J connectivity index is 1.41. The topological polar surface area (TPSA) is 110 Å². The highest BCUT2D eigenvalue weighted by atomic mass is 32.1. The molecule has 1 aliphatic heterocycles. The predicted octanol–water partition coefficient (Wildman–Crippen LogP) is 4.03. The van der Waals surface area contributed by atoms with Crippen molar-refractivity contribution in [2.24, 2.45) is 11.0 Å². The molecule has 3 aromatic rings. The van der Waals surface area contributed by atoms with Crippen LogP contribution in [0.25, 0.3) is 0 Å². The number of carbonyl (C=O) groups is 3. The second-order valence-corrected chi connectivity index (χ2v) is 9.48. The normalized spacial score (nSPS) is 15.9. The van der Waals surface area contributed by atoms with Crippen LogP contribution in [-0.4, -0.2) is 48.3 Å². The van der Waals surface area contributed by atoms with Gasteiger partial charge in [0.15, 0.2) is 6.61 Å². The summed E-state index contributed by atoms with van der Waals surface area (Å²) in [5, 5.41) is 10.5. The minimum atomic E-state index is -0.933. The van der Waals surface area contributed by atoms with Crippen LogP contribution in [0.15, 0.2) is 69.7 Å². The van der Waals surface area contributed by atoms with Gasteiger partial charge in [0.25, 0.3) is 11.8 Å². The van der Waals surface area contributed by atoms with Gasteiger partial charge in [0.05, 0.1) is 24.0 Å². The van der Waals surface area contributed by atoms with Crippen molar-refractivity contribution in [3.8, 4) is 5.75 Å². The minimum Gasteiger partial charge on any atom is -0.497 e. The summed E-state index contributed by atoms with van der Waals surface area (Å²) in [6.45, 7) is 3.05. The van der Waals surface area contributed by atoms with Crippen molar-refractivity contribution in [1.82, 2.24) is 10.3 Å². The maximum atomic E-state index is 13.1. The number of rotatable bonds is 9. The van der Waals surface area contributed by atoms with E-state index >= 15 is 0 Å². The molecule has 0 unspecified atom stereocenters. The minimum absolute atomic E-state index is 0.263. The van der Waals surface area contributed by atoms with Crippen LogP contribution in [0.1, 0.15) is 47.3 Å². The largest absolute Gasteiger partial charge is 0.497 e. The number of hydrogen-bond acceptors (Lipinski definition) is 8. The van der Waals surface area contributed by atoms with Crippen molar-refractivity contribution in [3.05, 3.63) is 76.4 Å². The van der Waals surface area contributed by atoms with E-state index in [1.165, 1.54) is 23.5 Å². The summed E-state index contributed by atoms with van der Waals surface area (Å²) in [4.78, 5) is 39.6. The van der Waals surface area contributed by atoms with Gasteiger partial charge in [0.2, 0.25) is 0 Å². The number of methoxy groups -OCH3 is 1. The molecule has 0 saturated heterocycles. The van der Waals surface area contributed by atoms with Crippen molar-refractivity contribution < 1.29 is 28.3 Å². The average Bonchev–Trinajstić information content (AvgIpc) is 3.66. The number of thiophene rings is 1. The van der Waals surface area contributed by atoms with Crippen LogP contribution in [0.3, 0.4) is 0 Å². The third-order valence-electron chi connectivity index (χ3n) is 5.74. The Labute approximate surface area is 212 Å². The van der Waals surface area contributed by atoms with Crippen molar-refractivity contribution in [3.63, 3.8) is 0 Å². The first-order chi connectivity index (χ1) is 17.4. The molecule has 1 aliphatic rings. The quantitative estimate of drug-likeness (QED) is 0.436. The first kappa shape index (κ1) is 25.2. The molecule has 4 rings (SSSR count). The van der Waals surface area contributed by atoms with Crippen LogP contribution in [-0.2, 0) is 14.3 Å². The average molecular weight is 510 g/mol.